The minimum atomic E-state index is -0.132. The monoisotopic (exact) mass is 275 g/mol. The van der Waals surface area contributed by atoms with Crippen LogP contribution in [0.15, 0.2) is 24.5 Å². The van der Waals surface area contributed by atoms with Gasteiger partial charge in [-0.1, -0.05) is 13.3 Å². The van der Waals surface area contributed by atoms with Gasteiger partial charge in [0.05, 0.1) is 5.92 Å². The Morgan fingerprint density at radius 1 is 1.30 bits per heavy atom. The van der Waals surface area contributed by atoms with Crippen LogP contribution in [-0.4, -0.2) is 29.4 Å². The Morgan fingerprint density at radius 3 is 2.75 bits per heavy atom. The second-order valence-electron chi connectivity index (χ2n) is 5.14. The van der Waals surface area contributed by atoms with E-state index in [4.69, 9.17) is 0 Å². The topological polar surface area (TPSA) is 71.1 Å². The average molecular weight is 275 g/mol. The number of carbonyl (C=O) groups excluding carboxylic acids is 2. The zero-order valence-electron chi connectivity index (χ0n) is 11.8. The lowest BCUT2D eigenvalue weighted by Crippen LogP contribution is -2.44. The molecule has 1 aliphatic carbocycles. The summed E-state index contributed by atoms with van der Waals surface area (Å²) in [4.78, 5) is 28.1. The maximum Gasteiger partial charge on any atom is 0.251 e. The molecule has 20 heavy (non-hydrogen) atoms. The maximum absolute atomic E-state index is 12.1. The minimum absolute atomic E-state index is 0.0596. The second-order valence-corrected chi connectivity index (χ2v) is 5.14. The van der Waals surface area contributed by atoms with E-state index in [9.17, 15) is 9.59 Å². The van der Waals surface area contributed by atoms with Gasteiger partial charge in [0, 0.05) is 30.5 Å². The van der Waals surface area contributed by atoms with Gasteiger partial charge in [0.15, 0.2) is 0 Å². The first kappa shape index (κ1) is 14.5. The first-order chi connectivity index (χ1) is 9.72. The van der Waals surface area contributed by atoms with Gasteiger partial charge >= 0.3 is 0 Å². The molecule has 2 amide bonds. The van der Waals surface area contributed by atoms with Crippen LogP contribution in [0, 0.1) is 5.92 Å². The third kappa shape index (κ3) is 3.56. The van der Waals surface area contributed by atoms with E-state index in [-0.39, 0.29) is 23.8 Å². The van der Waals surface area contributed by atoms with Crippen molar-refractivity contribution >= 4 is 11.8 Å². The van der Waals surface area contributed by atoms with Gasteiger partial charge in [0.1, 0.15) is 0 Å². The zero-order chi connectivity index (χ0) is 14.4. The quantitative estimate of drug-likeness (QED) is 0.855. The summed E-state index contributed by atoms with van der Waals surface area (Å²) in [6.45, 7) is 2.72. The lowest BCUT2D eigenvalue weighted by molar-refractivity contribution is -0.125. The van der Waals surface area contributed by atoms with Gasteiger partial charge in [-0.15, -0.1) is 0 Å². The maximum atomic E-state index is 12.1. The van der Waals surface area contributed by atoms with E-state index in [1.807, 2.05) is 6.92 Å². The summed E-state index contributed by atoms with van der Waals surface area (Å²) in [5.74, 6) is -0.177. The van der Waals surface area contributed by atoms with Crippen molar-refractivity contribution in [3.63, 3.8) is 0 Å². The van der Waals surface area contributed by atoms with Crippen molar-refractivity contribution in [3.05, 3.63) is 30.1 Å². The number of carbonyl (C=O) groups is 2. The van der Waals surface area contributed by atoms with Crippen LogP contribution >= 0.6 is 0 Å². The summed E-state index contributed by atoms with van der Waals surface area (Å²) in [6.07, 6.45) is 6.79. The fourth-order valence-corrected chi connectivity index (χ4v) is 2.58. The summed E-state index contributed by atoms with van der Waals surface area (Å²) in [7, 11) is 0. The first-order valence-corrected chi connectivity index (χ1v) is 7.21. The molecule has 0 spiro atoms. The molecule has 0 radical (unpaired) electrons. The van der Waals surface area contributed by atoms with E-state index >= 15 is 0 Å². The molecule has 0 saturated heterocycles. The number of hydrogen-bond acceptors (Lipinski definition) is 3. The molecule has 5 heteroatoms. The Labute approximate surface area is 119 Å². The summed E-state index contributed by atoms with van der Waals surface area (Å²) in [6, 6.07) is 3.29. The molecular weight excluding hydrogens is 254 g/mol. The number of rotatable bonds is 5. The highest BCUT2D eigenvalue weighted by Gasteiger charge is 2.33. The van der Waals surface area contributed by atoms with E-state index in [1.54, 1.807) is 24.5 Å². The van der Waals surface area contributed by atoms with Crippen molar-refractivity contribution in [2.24, 2.45) is 5.92 Å². The normalized spacial score (nSPS) is 21.4. The van der Waals surface area contributed by atoms with Gasteiger partial charge in [-0.25, -0.2) is 0 Å². The van der Waals surface area contributed by atoms with Crippen LogP contribution in [0.1, 0.15) is 43.0 Å². The van der Waals surface area contributed by atoms with Crippen LogP contribution in [0.4, 0.5) is 0 Å². The Kier molecular flexibility index (Phi) is 5.09. The molecule has 2 rings (SSSR count). The molecule has 0 aliphatic heterocycles. The minimum Gasteiger partial charge on any atom is -0.356 e. The van der Waals surface area contributed by atoms with Crippen LogP contribution < -0.4 is 10.6 Å². The molecule has 5 nitrogen and oxygen atoms in total. The molecular formula is C15H21N3O2. The lowest BCUT2D eigenvalue weighted by atomic mass is 10.0. The summed E-state index contributed by atoms with van der Waals surface area (Å²) in [5, 5.41) is 5.89. The van der Waals surface area contributed by atoms with Crippen molar-refractivity contribution < 1.29 is 9.59 Å². The molecule has 1 aromatic rings. The number of pyridine rings is 1. The number of nitrogens with one attached hydrogen (secondary N) is 2. The van der Waals surface area contributed by atoms with E-state index < -0.39 is 0 Å². The zero-order valence-corrected chi connectivity index (χ0v) is 11.8. The number of amides is 2. The Morgan fingerprint density at radius 2 is 2.05 bits per heavy atom. The average Bonchev–Trinajstić information content (AvgIpc) is 2.94. The number of nitrogens with zero attached hydrogens (tertiary/aromatic N) is 1. The highest BCUT2D eigenvalue weighted by Crippen LogP contribution is 2.26. The van der Waals surface area contributed by atoms with Gasteiger partial charge in [-0.05, 0) is 31.4 Å². The third-order valence-electron chi connectivity index (χ3n) is 3.66. The van der Waals surface area contributed by atoms with Gasteiger partial charge < -0.3 is 10.6 Å². The Bertz CT molecular complexity index is 461. The van der Waals surface area contributed by atoms with Crippen LogP contribution in [-0.2, 0) is 4.79 Å². The SMILES string of the molecule is CCCNC(=O)[C@H]1CCC[C@H]1NC(=O)c1ccncc1. The van der Waals surface area contributed by atoms with Gasteiger partial charge in [0.25, 0.3) is 5.91 Å². The van der Waals surface area contributed by atoms with Crippen LogP contribution in [0.25, 0.3) is 0 Å². The van der Waals surface area contributed by atoms with Crippen molar-refractivity contribution in [2.75, 3.05) is 6.54 Å². The number of aromatic nitrogens is 1. The summed E-state index contributed by atoms with van der Waals surface area (Å²) >= 11 is 0. The summed E-state index contributed by atoms with van der Waals surface area (Å²) in [5.41, 5.74) is 0.583. The van der Waals surface area contributed by atoms with Crippen LogP contribution in [0.3, 0.4) is 0 Å². The molecule has 1 fully saturated rings. The van der Waals surface area contributed by atoms with Gasteiger partial charge in [-0.3, -0.25) is 14.6 Å². The predicted octanol–water partition coefficient (Wildman–Crippen LogP) is 1.51. The van der Waals surface area contributed by atoms with Crippen LogP contribution in [0.2, 0.25) is 0 Å². The number of hydrogen-bond donors (Lipinski definition) is 2. The largest absolute Gasteiger partial charge is 0.356 e. The molecule has 0 bridgehead atoms. The molecule has 1 heterocycles. The Hall–Kier alpha value is -1.91. The third-order valence-corrected chi connectivity index (χ3v) is 3.66. The molecule has 1 aromatic heterocycles. The van der Waals surface area contributed by atoms with E-state index in [0.29, 0.717) is 12.1 Å². The highest BCUT2D eigenvalue weighted by atomic mass is 16.2. The van der Waals surface area contributed by atoms with Crippen molar-refractivity contribution in [2.45, 2.75) is 38.6 Å². The predicted molar refractivity (Wildman–Crippen MR) is 76.1 cm³/mol. The molecule has 2 N–H and O–H groups in total. The fourth-order valence-electron chi connectivity index (χ4n) is 2.58. The smallest absolute Gasteiger partial charge is 0.251 e. The van der Waals surface area contributed by atoms with Crippen molar-refractivity contribution in [1.29, 1.82) is 0 Å². The van der Waals surface area contributed by atoms with Crippen molar-refractivity contribution in [3.8, 4) is 0 Å². The van der Waals surface area contributed by atoms with E-state index in [2.05, 4.69) is 15.6 Å². The molecule has 0 aromatic carbocycles. The molecule has 108 valence electrons. The Balaban J connectivity index is 1.94. The van der Waals surface area contributed by atoms with Gasteiger partial charge in [-0.2, -0.15) is 0 Å². The molecule has 2 atom stereocenters. The first-order valence-electron chi connectivity index (χ1n) is 7.21. The van der Waals surface area contributed by atoms with Crippen LogP contribution in [0.5, 0.6) is 0 Å². The van der Waals surface area contributed by atoms with Crippen molar-refractivity contribution in [1.82, 2.24) is 15.6 Å². The van der Waals surface area contributed by atoms with E-state index in [1.165, 1.54) is 0 Å². The highest BCUT2D eigenvalue weighted by molar-refractivity contribution is 5.94. The van der Waals surface area contributed by atoms with E-state index in [0.717, 1.165) is 25.7 Å². The molecule has 0 unspecified atom stereocenters. The standard InChI is InChI=1S/C15H21N3O2/c1-2-8-17-15(20)12-4-3-5-13(12)18-14(19)11-6-9-16-10-7-11/h6-7,9-10,12-13H,2-5,8H2,1H3,(H,17,20)(H,18,19)/t12-,13+/m0/s1. The summed E-state index contributed by atoms with van der Waals surface area (Å²) < 4.78 is 0. The second kappa shape index (κ2) is 7.03. The lowest BCUT2D eigenvalue weighted by Gasteiger charge is -2.20. The van der Waals surface area contributed by atoms with Gasteiger partial charge in [0.2, 0.25) is 5.91 Å². The fraction of sp³-hybridized carbons (Fsp3) is 0.533. The molecule has 1 aliphatic rings. The molecule has 1 saturated carbocycles.